The lowest BCUT2D eigenvalue weighted by molar-refractivity contribution is 0.0856. The van der Waals surface area contributed by atoms with Crippen molar-refractivity contribution in [1.82, 2.24) is 5.48 Å². The number of hydroxylamine groups is 1. The van der Waals surface area contributed by atoms with Crippen LogP contribution in [0.1, 0.15) is 25.0 Å². The van der Waals surface area contributed by atoms with E-state index in [9.17, 15) is 4.39 Å². The molecule has 0 spiro atoms. The van der Waals surface area contributed by atoms with Crippen LogP contribution in [0.25, 0.3) is 0 Å². The summed E-state index contributed by atoms with van der Waals surface area (Å²) in [6, 6.07) is 7.42. The fourth-order valence-electron chi connectivity index (χ4n) is 1.40. The summed E-state index contributed by atoms with van der Waals surface area (Å²) in [5.41, 5.74) is 3.01. The minimum atomic E-state index is -1.31. The molecule has 0 bridgehead atoms. The predicted octanol–water partition coefficient (Wildman–Crippen LogP) is 2.54. The summed E-state index contributed by atoms with van der Waals surface area (Å²) in [6.45, 7) is 3.62. The Hall–Kier alpha value is -0.930. The van der Waals surface area contributed by atoms with E-state index in [0.717, 1.165) is 5.56 Å². The molecule has 2 nitrogen and oxygen atoms in total. The van der Waals surface area contributed by atoms with E-state index in [1.54, 1.807) is 27.0 Å². The van der Waals surface area contributed by atoms with E-state index >= 15 is 0 Å². The van der Waals surface area contributed by atoms with E-state index in [0.29, 0.717) is 12.1 Å². The highest BCUT2D eigenvalue weighted by Gasteiger charge is 2.21. The van der Waals surface area contributed by atoms with Gasteiger partial charge in [0, 0.05) is 6.54 Å². The van der Waals surface area contributed by atoms with Crippen LogP contribution in [0.15, 0.2) is 24.3 Å². The van der Waals surface area contributed by atoms with E-state index in [1.165, 1.54) is 0 Å². The van der Waals surface area contributed by atoms with Gasteiger partial charge in [0.05, 0.1) is 7.11 Å². The number of hydrogen-bond acceptors (Lipinski definition) is 2. The molecule has 0 atom stereocenters. The molecule has 3 heteroatoms. The Morgan fingerprint density at radius 2 is 2.00 bits per heavy atom. The molecule has 0 unspecified atom stereocenters. The molecule has 0 saturated carbocycles. The largest absolute Gasteiger partial charge is 0.305 e. The molecule has 14 heavy (non-hydrogen) atoms. The number of alkyl halides is 1. The summed E-state index contributed by atoms with van der Waals surface area (Å²) in [5.74, 6) is 0. The van der Waals surface area contributed by atoms with Gasteiger partial charge >= 0.3 is 0 Å². The van der Waals surface area contributed by atoms with Gasteiger partial charge in [-0.05, 0) is 25.0 Å². The van der Waals surface area contributed by atoms with E-state index in [1.807, 2.05) is 18.2 Å². The first-order valence-electron chi connectivity index (χ1n) is 4.59. The Morgan fingerprint density at radius 1 is 1.36 bits per heavy atom. The summed E-state index contributed by atoms with van der Waals surface area (Å²) in [4.78, 5) is 4.74. The van der Waals surface area contributed by atoms with Crippen molar-refractivity contribution in [2.24, 2.45) is 0 Å². The standard InChI is InChI=1S/C11H16FNO/c1-11(2,12)10-7-5-4-6-9(10)8-13-14-3/h4-7,13H,8H2,1-3H3. The highest BCUT2D eigenvalue weighted by molar-refractivity contribution is 5.31. The topological polar surface area (TPSA) is 21.3 Å². The molecule has 0 saturated heterocycles. The van der Waals surface area contributed by atoms with Gasteiger partial charge in [-0.2, -0.15) is 5.48 Å². The van der Waals surface area contributed by atoms with Gasteiger partial charge in [0.1, 0.15) is 5.67 Å². The third-order valence-corrected chi connectivity index (χ3v) is 2.06. The van der Waals surface area contributed by atoms with Crippen molar-refractivity contribution in [3.8, 4) is 0 Å². The molecule has 0 aliphatic heterocycles. The Bertz CT molecular complexity index is 294. The quantitative estimate of drug-likeness (QED) is 0.749. The predicted molar refractivity (Wildman–Crippen MR) is 54.4 cm³/mol. The highest BCUT2D eigenvalue weighted by Crippen LogP contribution is 2.27. The van der Waals surface area contributed by atoms with E-state index in [4.69, 9.17) is 4.84 Å². The highest BCUT2D eigenvalue weighted by atomic mass is 19.1. The zero-order valence-corrected chi connectivity index (χ0v) is 8.80. The minimum absolute atomic E-state index is 0.514. The second-order valence-electron chi connectivity index (χ2n) is 3.65. The molecule has 1 N–H and O–H groups in total. The van der Waals surface area contributed by atoms with Gasteiger partial charge < -0.3 is 4.84 Å². The van der Waals surface area contributed by atoms with Crippen LogP contribution in [0.4, 0.5) is 4.39 Å². The van der Waals surface area contributed by atoms with Gasteiger partial charge in [-0.1, -0.05) is 24.3 Å². The van der Waals surface area contributed by atoms with Gasteiger partial charge in [-0.25, -0.2) is 4.39 Å². The maximum Gasteiger partial charge on any atom is 0.130 e. The lowest BCUT2D eigenvalue weighted by Gasteiger charge is -2.18. The first kappa shape index (κ1) is 11.1. The number of hydrogen-bond donors (Lipinski definition) is 1. The first-order valence-corrected chi connectivity index (χ1v) is 4.59. The third kappa shape index (κ3) is 2.79. The number of rotatable bonds is 4. The molecule has 0 aliphatic rings. The van der Waals surface area contributed by atoms with E-state index in [-0.39, 0.29) is 0 Å². The molecule has 78 valence electrons. The SMILES string of the molecule is CONCc1ccccc1C(C)(C)F. The van der Waals surface area contributed by atoms with E-state index in [2.05, 4.69) is 5.48 Å². The zero-order chi connectivity index (χ0) is 10.6. The van der Waals surface area contributed by atoms with Crippen molar-refractivity contribution < 1.29 is 9.23 Å². The maximum absolute atomic E-state index is 13.7. The van der Waals surface area contributed by atoms with Crippen molar-refractivity contribution in [2.75, 3.05) is 7.11 Å². The average Bonchev–Trinajstić information content (AvgIpc) is 2.14. The van der Waals surface area contributed by atoms with Crippen LogP contribution in [0, 0.1) is 0 Å². The molecule has 1 aromatic rings. The normalized spacial score (nSPS) is 11.7. The molecular formula is C11H16FNO. The van der Waals surface area contributed by atoms with Crippen LogP contribution in [-0.4, -0.2) is 7.11 Å². The maximum atomic E-state index is 13.7. The van der Waals surface area contributed by atoms with Gasteiger partial charge in [0.2, 0.25) is 0 Å². The van der Waals surface area contributed by atoms with Crippen LogP contribution in [0.2, 0.25) is 0 Å². The summed E-state index contributed by atoms with van der Waals surface area (Å²) < 4.78 is 13.7. The molecule has 0 aliphatic carbocycles. The summed E-state index contributed by atoms with van der Waals surface area (Å²) in [6.07, 6.45) is 0. The molecule has 0 amide bonds. The lowest BCUT2D eigenvalue weighted by Crippen LogP contribution is -2.17. The molecule has 0 aromatic heterocycles. The second kappa shape index (κ2) is 4.53. The van der Waals surface area contributed by atoms with Crippen LogP contribution >= 0.6 is 0 Å². The molecular weight excluding hydrogens is 181 g/mol. The Labute approximate surface area is 84.0 Å². The van der Waals surface area contributed by atoms with Crippen molar-refractivity contribution >= 4 is 0 Å². The molecule has 0 radical (unpaired) electrons. The monoisotopic (exact) mass is 197 g/mol. The zero-order valence-electron chi connectivity index (χ0n) is 8.80. The summed E-state index contributed by atoms with van der Waals surface area (Å²) in [7, 11) is 1.54. The Balaban J connectivity index is 2.92. The summed E-state index contributed by atoms with van der Waals surface area (Å²) in [5, 5.41) is 0. The van der Waals surface area contributed by atoms with Crippen molar-refractivity contribution in [2.45, 2.75) is 26.1 Å². The van der Waals surface area contributed by atoms with Gasteiger partial charge in [0.15, 0.2) is 0 Å². The molecule has 1 rings (SSSR count). The van der Waals surface area contributed by atoms with Gasteiger partial charge in [-0.15, -0.1) is 0 Å². The van der Waals surface area contributed by atoms with Crippen molar-refractivity contribution in [3.63, 3.8) is 0 Å². The third-order valence-electron chi connectivity index (χ3n) is 2.06. The fraction of sp³-hybridized carbons (Fsp3) is 0.455. The Morgan fingerprint density at radius 3 is 2.57 bits per heavy atom. The second-order valence-corrected chi connectivity index (χ2v) is 3.65. The first-order chi connectivity index (χ1) is 6.55. The van der Waals surface area contributed by atoms with Crippen LogP contribution < -0.4 is 5.48 Å². The lowest BCUT2D eigenvalue weighted by atomic mass is 9.95. The average molecular weight is 197 g/mol. The smallest absolute Gasteiger partial charge is 0.130 e. The fourth-order valence-corrected chi connectivity index (χ4v) is 1.40. The Kier molecular flexibility index (Phi) is 3.61. The van der Waals surface area contributed by atoms with Crippen LogP contribution in [0.5, 0.6) is 0 Å². The van der Waals surface area contributed by atoms with Crippen LogP contribution in [0.3, 0.4) is 0 Å². The number of benzene rings is 1. The van der Waals surface area contributed by atoms with Crippen molar-refractivity contribution in [3.05, 3.63) is 35.4 Å². The molecule has 1 aromatic carbocycles. The van der Waals surface area contributed by atoms with E-state index < -0.39 is 5.67 Å². The van der Waals surface area contributed by atoms with Crippen LogP contribution in [-0.2, 0) is 17.1 Å². The van der Waals surface area contributed by atoms with Gasteiger partial charge in [0.25, 0.3) is 0 Å². The number of halogens is 1. The summed E-state index contributed by atoms with van der Waals surface area (Å²) >= 11 is 0. The molecule has 0 heterocycles. The van der Waals surface area contributed by atoms with Crippen molar-refractivity contribution in [1.29, 1.82) is 0 Å². The van der Waals surface area contributed by atoms with Gasteiger partial charge in [-0.3, -0.25) is 0 Å². The minimum Gasteiger partial charge on any atom is -0.305 e. The number of nitrogens with one attached hydrogen (secondary N) is 1. The molecule has 0 fully saturated rings.